The fourth-order valence-electron chi connectivity index (χ4n) is 3.78. The van der Waals surface area contributed by atoms with Crippen molar-refractivity contribution in [3.63, 3.8) is 0 Å². The summed E-state index contributed by atoms with van der Waals surface area (Å²) in [5.74, 6) is 0. The second kappa shape index (κ2) is 6.75. The van der Waals surface area contributed by atoms with Crippen molar-refractivity contribution in [2.24, 2.45) is 0 Å². The lowest BCUT2D eigenvalue weighted by molar-refractivity contribution is 0.00578. The van der Waals surface area contributed by atoms with E-state index in [1.165, 1.54) is 28.0 Å². The summed E-state index contributed by atoms with van der Waals surface area (Å²) in [5.41, 5.74) is 6.83. The Morgan fingerprint density at radius 2 is 1.62 bits per heavy atom. The maximum Gasteiger partial charge on any atom is 0.494 e. The van der Waals surface area contributed by atoms with Gasteiger partial charge in [-0.2, -0.15) is 0 Å². The van der Waals surface area contributed by atoms with Crippen molar-refractivity contribution in [3.8, 4) is 0 Å². The van der Waals surface area contributed by atoms with Gasteiger partial charge in [0.15, 0.2) is 0 Å². The van der Waals surface area contributed by atoms with Crippen LogP contribution >= 0.6 is 0 Å². The third kappa shape index (κ3) is 3.76. The number of hydrogen-bond donors (Lipinski definition) is 1. The largest absolute Gasteiger partial charge is 0.494 e. The zero-order chi connectivity index (χ0) is 21.0. The molecule has 3 nitrogen and oxygen atoms in total. The summed E-state index contributed by atoms with van der Waals surface area (Å²) in [7, 11) is -0.335. The Morgan fingerprint density at radius 1 is 0.931 bits per heavy atom. The average Bonchev–Trinajstić information content (AvgIpc) is 2.88. The summed E-state index contributed by atoms with van der Waals surface area (Å²) >= 11 is 0. The fourth-order valence-corrected chi connectivity index (χ4v) is 3.78. The molecule has 2 aromatic rings. The average molecular weight is 389 g/mol. The summed E-state index contributed by atoms with van der Waals surface area (Å²) in [5, 5.41) is 3.61. The third-order valence-electron chi connectivity index (χ3n) is 6.50. The van der Waals surface area contributed by atoms with Gasteiger partial charge in [0.1, 0.15) is 0 Å². The molecule has 1 N–H and O–H groups in total. The zero-order valence-corrected chi connectivity index (χ0v) is 18.7. The van der Waals surface area contributed by atoms with E-state index < -0.39 is 0 Å². The summed E-state index contributed by atoms with van der Waals surface area (Å²) in [4.78, 5) is 0. The van der Waals surface area contributed by atoms with Crippen molar-refractivity contribution in [1.82, 2.24) is 0 Å². The van der Waals surface area contributed by atoms with Crippen LogP contribution in [0.5, 0.6) is 0 Å². The quantitative estimate of drug-likeness (QED) is 0.712. The summed E-state index contributed by atoms with van der Waals surface area (Å²) in [6, 6.07) is 15.3. The first-order valence-electron chi connectivity index (χ1n) is 10.5. The van der Waals surface area contributed by atoms with Gasteiger partial charge in [-0.15, -0.1) is 0 Å². The molecular weight excluding hydrogens is 357 g/mol. The Balaban J connectivity index is 1.62. The van der Waals surface area contributed by atoms with Gasteiger partial charge in [-0.1, -0.05) is 57.2 Å². The number of rotatable bonds is 2. The van der Waals surface area contributed by atoms with E-state index in [2.05, 4.69) is 102 Å². The first kappa shape index (κ1) is 20.2. The minimum absolute atomic E-state index is 0.151. The van der Waals surface area contributed by atoms with E-state index in [1.54, 1.807) is 0 Å². The van der Waals surface area contributed by atoms with Gasteiger partial charge in [0.25, 0.3) is 0 Å². The van der Waals surface area contributed by atoms with Crippen molar-refractivity contribution in [1.29, 1.82) is 0 Å². The molecule has 0 amide bonds. The highest BCUT2D eigenvalue weighted by molar-refractivity contribution is 6.62. The number of benzene rings is 2. The van der Waals surface area contributed by atoms with Crippen LogP contribution in [0.1, 0.15) is 65.2 Å². The molecule has 2 aromatic carbocycles. The lowest BCUT2D eigenvalue weighted by atomic mass is 9.77. The van der Waals surface area contributed by atoms with Crippen LogP contribution in [-0.2, 0) is 14.7 Å². The normalized spacial score (nSPS) is 20.1. The predicted molar refractivity (Wildman–Crippen MR) is 124 cm³/mol. The van der Waals surface area contributed by atoms with Gasteiger partial charge >= 0.3 is 7.12 Å². The second-order valence-electron chi connectivity index (χ2n) is 10.3. The van der Waals surface area contributed by atoms with Crippen molar-refractivity contribution in [3.05, 3.63) is 59.2 Å². The molecule has 0 spiro atoms. The maximum atomic E-state index is 6.24. The van der Waals surface area contributed by atoms with Gasteiger partial charge in [-0.05, 0) is 73.0 Å². The van der Waals surface area contributed by atoms with E-state index in [9.17, 15) is 0 Å². The molecule has 2 aliphatic heterocycles. The summed E-state index contributed by atoms with van der Waals surface area (Å²) < 4.78 is 12.5. The van der Waals surface area contributed by atoms with Crippen LogP contribution in [0.4, 0.5) is 5.69 Å². The van der Waals surface area contributed by atoms with Gasteiger partial charge in [-0.25, -0.2) is 0 Å². The second-order valence-corrected chi connectivity index (χ2v) is 10.3. The minimum atomic E-state index is -0.335. The number of fused-ring (bicyclic) bond motifs is 1. The van der Waals surface area contributed by atoms with Crippen LogP contribution in [0.25, 0.3) is 11.6 Å². The Labute approximate surface area is 175 Å². The number of nitrogens with one attached hydrogen (secondary N) is 1. The van der Waals surface area contributed by atoms with Crippen LogP contribution in [-0.4, -0.2) is 24.9 Å². The molecule has 29 heavy (non-hydrogen) atoms. The molecule has 4 rings (SSSR count). The highest BCUT2D eigenvalue weighted by Crippen LogP contribution is 2.37. The third-order valence-corrected chi connectivity index (χ3v) is 6.50. The van der Waals surface area contributed by atoms with Crippen molar-refractivity contribution < 1.29 is 9.31 Å². The molecule has 0 saturated carbocycles. The first-order valence-corrected chi connectivity index (χ1v) is 10.5. The van der Waals surface area contributed by atoms with E-state index >= 15 is 0 Å². The Hall–Kier alpha value is -2.04. The Morgan fingerprint density at radius 3 is 2.28 bits per heavy atom. The monoisotopic (exact) mass is 389 g/mol. The highest BCUT2D eigenvalue weighted by atomic mass is 16.7. The van der Waals surface area contributed by atoms with E-state index in [0.717, 1.165) is 12.0 Å². The van der Waals surface area contributed by atoms with Gasteiger partial charge in [0, 0.05) is 12.2 Å². The van der Waals surface area contributed by atoms with E-state index in [0.29, 0.717) is 0 Å². The molecule has 1 saturated heterocycles. The van der Waals surface area contributed by atoms with Gasteiger partial charge in [-0.3, -0.25) is 0 Å². The van der Waals surface area contributed by atoms with Crippen LogP contribution in [0.15, 0.2) is 42.5 Å². The molecular formula is C25H32BNO2. The zero-order valence-electron chi connectivity index (χ0n) is 18.7. The minimum Gasteiger partial charge on any atom is -0.399 e. The molecule has 0 unspecified atom stereocenters. The van der Waals surface area contributed by atoms with Crippen molar-refractivity contribution in [2.45, 2.75) is 65.1 Å². The van der Waals surface area contributed by atoms with Crippen LogP contribution in [0.3, 0.4) is 0 Å². The van der Waals surface area contributed by atoms with Crippen molar-refractivity contribution >= 4 is 29.9 Å². The molecule has 0 aromatic heterocycles. The highest BCUT2D eigenvalue weighted by Gasteiger charge is 2.51. The van der Waals surface area contributed by atoms with Gasteiger partial charge in [0.05, 0.1) is 11.2 Å². The molecule has 2 aliphatic rings. The predicted octanol–water partition coefficient (Wildman–Crippen LogP) is 5.25. The first-order chi connectivity index (χ1) is 13.5. The molecule has 4 heteroatoms. The standard InChI is InChI=1S/C25H32BNO2/c1-23(2,3)20-12-11-18-13-19(16-27-22(18)15-20)17-9-8-10-21(14-17)26-28-24(4,5)25(6,7)29-26/h8-15,27H,16H2,1-7H3. The van der Waals surface area contributed by atoms with Crippen LogP contribution < -0.4 is 10.8 Å². The molecule has 0 aliphatic carbocycles. The van der Waals surface area contributed by atoms with Crippen LogP contribution in [0.2, 0.25) is 0 Å². The molecule has 2 heterocycles. The molecule has 1 fully saturated rings. The van der Waals surface area contributed by atoms with Crippen molar-refractivity contribution in [2.75, 3.05) is 11.9 Å². The van der Waals surface area contributed by atoms with E-state index in [4.69, 9.17) is 9.31 Å². The topological polar surface area (TPSA) is 30.5 Å². The molecule has 0 bridgehead atoms. The smallest absolute Gasteiger partial charge is 0.399 e. The maximum absolute atomic E-state index is 6.24. The number of hydrogen-bond acceptors (Lipinski definition) is 3. The fraction of sp³-hybridized carbons (Fsp3) is 0.440. The van der Waals surface area contributed by atoms with Gasteiger partial charge < -0.3 is 14.6 Å². The summed E-state index contributed by atoms with van der Waals surface area (Å²) in [6.45, 7) is 15.9. The summed E-state index contributed by atoms with van der Waals surface area (Å²) in [6.07, 6.45) is 2.29. The van der Waals surface area contributed by atoms with E-state index in [-0.39, 0.29) is 23.7 Å². The lowest BCUT2D eigenvalue weighted by Gasteiger charge is -2.32. The van der Waals surface area contributed by atoms with Gasteiger partial charge in [0.2, 0.25) is 0 Å². The van der Waals surface area contributed by atoms with E-state index in [1.807, 2.05) is 0 Å². The molecule has 0 atom stereocenters. The Bertz CT molecular complexity index is 953. The van der Waals surface area contributed by atoms with Crippen LogP contribution in [0, 0.1) is 0 Å². The molecule has 0 radical (unpaired) electrons. The SMILES string of the molecule is CC(C)(C)c1ccc2c(c1)NCC(c1cccc(B3OC(C)(C)C(C)(C)O3)c1)=C2. The number of anilines is 1. The molecule has 152 valence electrons. The Kier molecular flexibility index (Phi) is 4.71. The lowest BCUT2D eigenvalue weighted by Crippen LogP contribution is -2.41.